The van der Waals surface area contributed by atoms with Crippen LogP contribution >= 0.6 is 11.6 Å². The van der Waals surface area contributed by atoms with E-state index >= 15 is 0 Å². The van der Waals surface area contributed by atoms with Gasteiger partial charge in [0, 0.05) is 58.2 Å². The fourth-order valence-corrected chi connectivity index (χ4v) is 3.32. The van der Waals surface area contributed by atoms with Gasteiger partial charge in [-0.1, -0.05) is 11.6 Å². The molecule has 0 bridgehead atoms. The Balaban J connectivity index is 1.44. The van der Waals surface area contributed by atoms with Crippen LogP contribution in [0, 0.1) is 0 Å². The Labute approximate surface area is 136 Å². The van der Waals surface area contributed by atoms with Crippen molar-refractivity contribution in [1.82, 2.24) is 19.7 Å². The summed E-state index contributed by atoms with van der Waals surface area (Å²) in [6.07, 6.45) is 5.80. The van der Waals surface area contributed by atoms with Crippen molar-refractivity contribution in [3.05, 3.63) is 29.0 Å². The maximum atomic E-state index is 12.2. The Hall–Kier alpha value is -1.17. The van der Waals surface area contributed by atoms with Crippen LogP contribution in [0.2, 0.25) is 5.02 Å². The zero-order valence-electron chi connectivity index (χ0n) is 12.9. The molecule has 0 unspecified atom stereocenters. The largest absolute Gasteiger partial charge is 0.342 e. The van der Waals surface area contributed by atoms with Crippen LogP contribution in [-0.2, 0) is 11.3 Å². The molecule has 2 aliphatic rings. The molecule has 5 nitrogen and oxygen atoms in total. The van der Waals surface area contributed by atoms with Gasteiger partial charge in [-0.15, -0.1) is 0 Å². The number of likely N-dealkylation sites (tertiary alicyclic amines) is 1. The molecule has 0 radical (unpaired) electrons. The van der Waals surface area contributed by atoms with E-state index in [1.807, 2.05) is 11.0 Å². The average Bonchev–Trinajstić information content (AvgIpc) is 3.06. The monoisotopic (exact) mass is 322 g/mol. The normalized spacial score (nSPS) is 20.5. The molecule has 2 saturated heterocycles. The third kappa shape index (κ3) is 3.97. The van der Waals surface area contributed by atoms with E-state index in [0.717, 1.165) is 69.2 Å². The number of halogens is 1. The highest BCUT2D eigenvalue weighted by Crippen LogP contribution is 2.17. The third-order valence-electron chi connectivity index (χ3n) is 4.53. The van der Waals surface area contributed by atoms with Crippen molar-refractivity contribution in [3.8, 4) is 0 Å². The van der Waals surface area contributed by atoms with E-state index in [2.05, 4.69) is 14.8 Å². The lowest BCUT2D eigenvalue weighted by Crippen LogP contribution is -2.49. The van der Waals surface area contributed by atoms with E-state index in [-0.39, 0.29) is 0 Å². The number of aromatic nitrogens is 1. The lowest BCUT2D eigenvalue weighted by atomic mass is 10.2. The lowest BCUT2D eigenvalue weighted by Gasteiger charge is -2.35. The van der Waals surface area contributed by atoms with Crippen molar-refractivity contribution in [2.24, 2.45) is 0 Å². The van der Waals surface area contributed by atoms with E-state index < -0.39 is 0 Å². The molecule has 0 N–H and O–H groups in total. The van der Waals surface area contributed by atoms with Gasteiger partial charge in [0.2, 0.25) is 5.91 Å². The van der Waals surface area contributed by atoms with Crippen LogP contribution in [0.4, 0.5) is 0 Å². The summed E-state index contributed by atoms with van der Waals surface area (Å²) < 4.78 is 0. The zero-order chi connectivity index (χ0) is 15.4. The van der Waals surface area contributed by atoms with Crippen LogP contribution in [0.1, 0.15) is 18.4 Å². The summed E-state index contributed by atoms with van der Waals surface area (Å²) >= 11 is 6.16. The number of rotatable bonds is 4. The number of pyridine rings is 1. The molecule has 3 rings (SSSR count). The van der Waals surface area contributed by atoms with Crippen LogP contribution in [0.25, 0.3) is 0 Å². The molecule has 22 heavy (non-hydrogen) atoms. The highest BCUT2D eigenvalue weighted by molar-refractivity contribution is 6.31. The Morgan fingerprint density at radius 1 is 1.09 bits per heavy atom. The van der Waals surface area contributed by atoms with Crippen molar-refractivity contribution in [1.29, 1.82) is 0 Å². The molecular weight excluding hydrogens is 300 g/mol. The highest BCUT2D eigenvalue weighted by Gasteiger charge is 2.23. The molecule has 0 aromatic carbocycles. The Kier molecular flexibility index (Phi) is 5.28. The van der Waals surface area contributed by atoms with E-state index in [1.54, 1.807) is 12.4 Å². The van der Waals surface area contributed by atoms with Crippen molar-refractivity contribution in [2.45, 2.75) is 19.4 Å². The average molecular weight is 323 g/mol. The van der Waals surface area contributed by atoms with E-state index in [9.17, 15) is 4.79 Å². The number of carbonyl (C=O) groups excluding carboxylic acids is 1. The molecule has 6 heteroatoms. The van der Waals surface area contributed by atoms with Gasteiger partial charge in [0.05, 0.1) is 11.6 Å². The summed E-state index contributed by atoms with van der Waals surface area (Å²) in [5, 5.41) is 0.731. The van der Waals surface area contributed by atoms with Gasteiger partial charge < -0.3 is 4.90 Å². The number of hydrogen-bond acceptors (Lipinski definition) is 4. The van der Waals surface area contributed by atoms with Crippen LogP contribution in [-0.4, -0.2) is 71.4 Å². The van der Waals surface area contributed by atoms with Gasteiger partial charge in [0.1, 0.15) is 0 Å². The van der Waals surface area contributed by atoms with E-state index in [1.165, 1.54) is 0 Å². The van der Waals surface area contributed by atoms with Crippen LogP contribution in [0.5, 0.6) is 0 Å². The van der Waals surface area contributed by atoms with Crippen LogP contribution in [0.3, 0.4) is 0 Å². The fourth-order valence-electron chi connectivity index (χ4n) is 3.14. The highest BCUT2D eigenvalue weighted by atomic mass is 35.5. The summed E-state index contributed by atoms with van der Waals surface area (Å²) in [5.41, 5.74) is 1.12. The lowest BCUT2D eigenvalue weighted by molar-refractivity contribution is -0.131. The summed E-state index contributed by atoms with van der Waals surface area (Å²) in [6, 6.07) is 1.98. The molecule has 120 valence electrons. The predicted molar refractivity (Wildman–Crippen MR) is 86.8 cm³/mol. The molecule has 1 aromatic heterocycles. The zero-order valence-corrected chi connectivity index (χ0v) is 13.6. The first-order chi connectivity index (χ1) is 10.7. The van der Waals surface area contributed by atoms with Gasteiger partial charge >= 0.3 is 0 Å². The first kappa shape index (κ1) is 15.7. The molecule has 3 heterocycles. The first-order valence-corrected chi connectivity index (χ1v) is 8.41. The van der Waals surface area contributed by atoms with Crippen LogP contribution in [0.15, 0.2) is 18.5 Å². The fraction of sp³-hybridized carbons (Fsp3) is 0.625. The second-order valence-corrected chi connectivity index (χ2v) is 6.51. The molecule has 0 saturated carbocycles. The summed E-state index contributed by atoms with van der Waals surface area (Å²) in [4.78, 5) is 22.9. The Bertz CT molecular complexity index is 511. The smallest absolute Gasteiger partial charge is 0.236 e. The molecule has 0 aliphatic carbocycles. The molecule has 2 fully saturated rings. The number of hydrogen-bond donors (Lipinski definition) is 0. The topological polar surface area (TPSA) is 39.7 Å². The summed E-state index contributed by atoms with van der Waals surface area (Å²) in [5.74, 6) is 0.295. The SMILES string of the molecule is O=C(CN1CCN(Cc2ccncc2Cl)CC1)N1CCCC1. The first-order valence-electron chi connectivity index (χ1n) is 8.03. The maximum Gasteiger partial charge on any atom is 0.236 e. The quantitative estimate of drug-likeness (QED) is 0.842. The summed E-state index contributed by atoms with van der Waals surface area (Å²) in [7, 11) is 0. The number of nitrogens with zero attached hydrogens (tertiary/aromatic N) is 4. The van der Waals surface area contributed by atoms with E-state index in [4.69, 9.17) is 11.6 Å². The van der Waals surface area contributed by atoms with Crippen molar-refractivity contribution in [3.63, 3.8) is 0 Å². The molecule has 1 aromatic rings. The van der Waals surface area contributed by atoms with Gasteiger partial charge in [-0.25, -0.2) is 0 Å². The minimum Gasteiger partial charge on any atom is -0.342 e. The molecular formula is C16H23ClN4O. The standard InChI is InChI=1S/C16H23ClN4O/c17-15-11-18-4-3-14(15)12-19-7-9-20(10-8-19)13-16(22)21-5-1-2-6-21/h3-4,11H,1-2,5-10,12-13H2. The predicted octanol–water partition coefficient (Wildman–Crippen LogP) is 1.47. The van der Waals surface area contributed by atoms with Gasteiger partial charge in [-0.05, 0) is 24.5 Å². The van der Waals surface area contributed by atoms with Crippen molar-refractivity contribution in [2.75, 3.05) is 45.8 Å². The number of amides is 1. The second kappa shape index (κ2) is 7.40. The summed E-state index contributed by atoms with van der Waals surface area (Å²) in [6.45, 7) is 7.17. The second-order valence-electron chi connectivity index (χ2n) is 6.11. The molecule has 0 atom stereocenters. The van der Waals surface area contributed by atoms with Gasteiger partial charge in [0.25, 0.3) is 0 Å². The van der Waals surface area contributed by atoms with Gasteiger partial charge in [0.15, 0.2) is 0 Å². The number of piperazine rings is 1. The number of carbonyl (C=O) groups is 1. The minimum atomic E-state index is 0.295. The van der Waals surface area contributed by atoms with Gasteiger partial charge in [-0.2, -0.15) is 0 Å². The molecule has 2 aliphatic heterocycles. The van der Waals surface area contributed by atoms with E-state index in [0.29, 0.717) is 12.5 Å². The van der Waals surface area contributed by atoms with Crippen LogP contribution < -0.4 is 0 Å². The van der Waals surface area contributed by atoms with Crippen molar-refractivity contribution < 1.29 is 4.79 Å². The Morgan fingerprint density at radius 2 is 1.77 bits per heavy atom. The molecule has 0 spiro atoms. The minimum absolute atomic E-state index is 0.295. The third-order valence-corrected chi connectivity index (χ3v) is 4.87. The van der Waals surface area contributed by atoms with Crippen molar-refractivity contribution >= 4 is 17.5 Å². The van der Waals surface area contributed by atoms with Gasteiger partial charge in [-0.3, -0.25) is 19.6 Å². The Morgan fingerprint density at radius 3 is 2.45 bits per heavy atom. The molecule has 1 amide bonds. The maximum absolute atomic E-state index is 12.2.